The molecule has 6 nitrogen and oxygen atoms in total. The van der Waals surface area contributed by atoms with E-state index in [0.29, 0.717) is 22.2 Å². The number of fused-ring (bicyclic) bond motifs is 1. The minimum atomic E-state index is -4.01. The Morgan fingerprint density at radius 1 is 1.00 bits per heavy atom. The summed E-state index contributed by atoms with van der Waals surface area (Å²) in [6.07, 6.45) is -0.151. The number of hydrogen-bond donors (Lipinski definition) is 1. The topological polar surface area (TPSA) is 77.4 Å². The summed E-state index contributed by atoms with van der Waals surface area (Å²) < 4.78 is 47.4. The fourth-order valence-corrected chi connectivity index (χ4v) is 5.40. The number of carbonyl (C=O) groups is 1. The first-order valence-corrected chi connectivity index (χ1v) is 11.9. The predicted molar refractivity (Wildman–Crippen MR) is 126 cm³/mol. The van der Waals surface area contributed by atoms with Crippen LogP contribution in [0, 0.1) is 12.7 Å². The smallest absolute Gasteiger partial charge is 0.310 e. The summed E-state index contributed by atoms with van der Waals surface area (Å²) in [4.78, 5) is 12.2. The lowest BCUT2D eigenvalue weighted by Gasteiger charge is -2.12. The fraction of sp³-hybridized carbons (Fsp3) is 0.160. The summed E-state index contributed by atoms with van der Waals surface area (Å²) in [6, 6.07) is 19.8. The van der Waals surface area contributed by atoms with Crippen LogP contribution in [0.25, 0.3) is 10.9 Å². The second-order valence-electron chi connectivity index (χ2n) is 7.49. The molecule has 3 aromatic carbocycles. The first-order valence-electron chi connectivity index (χ1n) is 10.4. The Morgan fingerprint density at radius 2 is 1.67 bits per heavy atom. The molecule has 0 bridgehead atoms. The van der Waals surface area contributed by atoms with Gasteiger partial charge < -0.3 is 10.1 Å². The Kier molecular flexibility index (Phi) is 6.20. The lowest BCUT2D eigenvalue weighted by molar-refractivity contribution is -0.142. The van der Waals surface area contributed by atoms with E-state index in [4.69, 9.17) is 4.74 Å². The van der Waals surface area contributed by atoms with E-state index in [-0.39, 0.29) is 17.9 Å². The maximum atomic E-state index is 14.0. The molecule has 0 saturated heterocycles. The van der Waals surface area contributed by atoms with E-state index in [0.717, 1.165) is 15.3 Å². The predicted octanol–water partition coefficient (Wildman–Crippen LogP) is 5.18. The molecule has 170 valence electrons. The van der Waals surface area contributed by atoms with Crippen molar-refractivity contribution in [2.75, 3.05) is 11.9 Å². The number of nitrogens with zero attached hydrogens (tertiary/aromatic N) is 1. The molecule has 1 heterocycles. The van der Waals surface area contributed by atoms with Crippen molar-refractivity contribution >= 4 is 38.3 Å². The zero-order valence-corrected chi connectivity index (χ0v) is 19.0. The van der Waals surface area contributed by atoms with Gasteiger partial charge in [0.15, 0.2) is 0 Å². The third kappa shape index (κ3) is 4.47. The van der Waals surface area contributed by atoms with Gasteiger partial charge in [-0.05, 0) is 74.0 Å². The highest BCUT2D eigenvalue weighted by atomic mass is 32.2. The minimum absolute atomic E-state index is 0.0770. The number of ether oxygens (including phenoxy) is 1. The molecule has 0 amide bonds. The molecule has 0 aliphatic carbocycles. The second-order valence-corrected chi connectivity index (χ2v) is 9.28. The van der Waals surface area contributed by atoms with Gasteiger partial charge in [0.05, 0.1) is 23.4 Å². The van der Waals surface area contributed by atoms with E-state index < -0.39 is 21.8 Å². The number of para-hydroxylation sites is 1. The zero-order valence-electron chi connectivity index (χ0n) is 18.2. The van der Waals surface area contributed by atoms with Crippen LogP contribution >= 0.6 is 0 Å². The van der Waals surface area contributed by atoms with E-state index in [1.807, 2.05) is 30.3 Å². The summed E-state index contributed by atoms with van der Waals surface area (Å²) in [6.45, 7) is 3.50. The number of aromatic nitrogens is 1. The highest BCUT2D eigenvalue weighted by molar-refractivity contribution is 7.90. The van der Waals surface area contributed by atoms with E-state index >= 15 is 0 Å². The molecule has 0 aliphatic heterocycles. The van der Waals surface area contributed by atoms with Crippen LogP contribution < -0.4 is 5.32 Å². The monoisotopic (exact) mass is 466 g/mol. The molecule has 0 aliphatic rings. The fourth-order valence-electron chi connectivity index (χ4n) is 3.82. The number of benzene rings is 3. The summed E-state index contributed by atoms with van der Waals surface area (Å²) in [5.41, 5.74) is 2.69. The average molecular weight is 467 g/mol. The van der Waals surface area contributed by atoms with Crippen molar-refractivity contribution in [3.05, 3.63) is 89.9 Å². The van der Waals surface area contributed by atoms with Gasteiger partial charge in [0.25, 0.3) is 10.0 Å². The van der Waals surface area contributed by atoms with Crippen molar-refractivity contribution in [1.82, 2.24) is 3.97 Å². The molecule has 0 atom stereocenters. The summed E-state index contributed by atoms with van der Waals surface area (Å²) >= 11 is 0. The van der Waals surface area contributed by atoms with Crippen molar-refractivity contribution < 1.29 is 22.3 Å². The van der Waals surface area contributed by atoms with Gasteiger partial charge in [-0.2, -0.15) is 0 Å². The summed E-state index contributed by atoms with van der Waals surface area (Å²) in [5, 5.41) is 3.58. The van der Waals surface area contributed by atoms with Crippen LogP contribution in [0.3, 0.4) is 0 Å². The lowest BCUT2D eigenvalue weighted by atomic mass is 10.1. The van der Waals surface area contributed by atoms with Gasteiger partial charge in [0.2, 0.25) is 0 Å². The van der Waals surface area contributed by atoms with Gasteiger partial charge in [0.1, 0.15) is 5.82 Å². The highest BCUT2D eigenvalue weighted by Gasteiger charge is 2.26. The van der Waals surface area contributed by atoms with Crippen molar-refractivity contribution in [3.63, 3.8) is 0 Å². The number of carbonyl (C=O) groups excluding carboxylic acids is 1. The number of hydrogen-bond acceptors (Lipinski definition) is 5. The third-order valence-electron chi connectivity index (χ3n) is 5.33. The largest absolute Gasteiger partial charge is 0.466 e. The third-order valence-corrected chi connectivity index (χ3v) is 7.14. The number of esters is 1. The average Bonchev–Trinajstić information content (AvgIpc) is 3.06. The van der Waals surface area contributed by atoms with Gasteiger partial charge in [-0.15, -0.1) is 0 Å². The molecule has 0 fully saturated rings. The van der Waals surface area contributed by atoms with Crippen LogP contribution in [0.5, 0.6) is 0 Å². The maximum Gasteiger partial charge on any atom is 0.310 e. The molecule has 0 spiro atoms. The maximum absolute atomic E-state index is 14.0. The number of anilines is 2. The molecule has 4 aromatic rings. The van der Waals surface area contributed by atoms with E-state index in [1.165, 1.54) is 30.3 Å². The standard InChI is InChI=1S/C25H23FN2O4S/c1-3-32-25(29)16-22-17(2)28(24-14-9-18(26)15-23(22)24)33(30,31)21-12-10-20(11-13-21)27-19-7-5-4-6-8-19/h4-15,27H,3,16H2,1-2H3. The van der Waals surface area contributed by atoms with Crippen LogP contribution in [-0.2, 0) is 26.0 Å². The summed E-state index contributed by atoms with van der Waals surface area (Å²) in [7, 11) is -4.01. The molecule has 33 heavy (non-hydrogen) atoms. The van der Waals surface area contributed by atoms with Gasteiger partial charge >= 0.3 is 5.97 Å². The molecule has 1 aromatic heterocycles. The number of nitrogens with one attached hydrogen (secondary N) is 1. The molecule has 0 radical (unpaired) electrons. The first kappa shape index (κ1) is 22.5. The van der Waals surface area contributed by atoms with E-state index in [9.17, 15) is 17.6 Å². The molecule has 4 rings (SSSR count). The molecular formula is C25H23FN2O4S. The Hall–Kier alpha value is -3.65. The lowest BCUT2D eigenvalue weighted by Crippen LogP contribution is -2.15. The van der Waals surface area contributed by atoms with Crippen LogP contribution in [-0.4, -0.2) is 25.0 Å². The SMILES string of the molecule is CCOC(=O)Cc1c(C)n(S(=O)(=O)c2ccc(Nc3ccccc3)cc2)c2ccc(F)cc12. The van der Waals surface area contributed by atoms with Gasteiger partial charge in [-0.3, -0.25) is 4.79 Å². The Bertz CT molecular complexity index is 1410. The van der Waals surface area contributed by atoms with Crippen LogP contribution in [0.15, 0.2) is 77.7 Å². The first-order chi connectivity index (χ1) is 15.8. The van der Waals surface area contributed by atoms with Crippen molar-refractivity contribution in [2.45, 2.75) is 25.2 Å². The molecule has 0 saturated carbocycles. The number of halogens is 1. The second kappa shape index (κ2) is 9.07. The van der Waals surface area contributed by atoms with Crippen LogP contribution in [0.2, 0.25) is 0 Å². The quantitative estimate of drug-likeness (QED) is 0.380. The zero-order chi connectivity index (χ0) is 23.6. The van der Waals surface area contributed by atoms with E-state index in [2.05, 4.69) is 5.32 Å². The van der Waals surface area contributed by atoms with Crippen molar-refractivity contribution in [2.24, 2.45) is 0 Å². The normalized spacial score (nSPS) is 11.5. The molecule has 0 unspecified atom stereocenters. The van der Waals surface area contributed by atoms with Crippen molar-refractivity contribution in [3.8, 4) is 0 Å². The Labute approximate surface area is 191 Å². The molecular weight excluding hydrogens is 443 g/mol. The van der Waals surface area contributed by atoms with Gasteiger partial charge in [-0.1, -0.05) is 18.2 Å². The van der Waals surface area contributed by atoms with Gasteiger partial charge in [0, 0.05) is 22.5 Å². The minimum Gasteiger partial charge on any atom is -0.466 e. The molecule has 8 heteroatoms. The highest BCUT2D eigenvalue weighted by Crippen LogP contribution is 2.31. The number of rotatable bonds is 7. The van der Waals surface area contributed by atoms with Crippen LogP contribution in [0.4, 0.5) is 15.8 Å². The Morgan fingerprint density at radius 3 is 2.33 bits per heavy atom. The molecule has 1 N–H and O–H groups in total. The van der Waals surface area contributed by atoms with E-state index in [1.54, 1.807) is 26.0 Å². The van der Waals surface area contributed by atoms with Crippen molar-refractivity contribution in [1.29, 1.82) is 0 Å². The van der Waals surface area contributed by atoms with Crippen LogP contribution in [0.1, 0.15) is 18.2 Å². The van der Waals surface area contributed by atoms with Gasteiger partial charge in [-0.25, -0.2) is 16.8 Å². The summed E-state index contributed by atoms with van der Waals surface area (Å²) in [5.74, 6) is -1.02. The Balaban J connectivity index is 1.76.